The summed E-state index contributed by atoms with van der Waals surface area (Å²) in [5.74, 6) is 1.26. The molecule has 0 aromatic heterocycles. The number of allylic oxidation sites excluding steroid dienone is 1. The lowest BCUT2D eigenvalue weighted by atomic mass is 10.1. The topological polar surface area (TPSA) is 44.8 Å². The van der Waals surface area contributed by atoms with E-state index in [1.165, 1.54) is 26.9 Å². The van der Waals surface area contributed by atoms with Gasteiger partial charge in [-0.1, -0.05) is 37.3 Å². The average molecular weight is 326 g/mol. The van der Waals surface area contributed by atoms with E-state index in [9.17, 15) is 4.79 Å². The molecule has 0 bridgehead atoms. The largest absolute Gasteiger partial charge is 0.493 e. The van der Waals surface area contributed by atoms with Gasteiger partial charge in [0.15, 0.2) is 17.3 Å². The van der Waals surface area contributed by atoms with E-state index in [-0.39, 0.29) is 5.78 Å². The van der Waals surface area contributed by atoms with Crippen LogP contribution in [0.15, 0.2) is 42.5 Å². The van der Waals surface area contributed by atoms with E-state index in [1.54, 1.807) is 24.3 Å². The second kappa shape index (κ2) is 8.20. The van der Waals surface area contributed by atoms with Gasteiger partial charge in [-0.15, -0.1) is 0 Å². The molecular weight excluding hydrogens is 304 g/mol. The van der Waals surface area contributed by atoms with Gasteiger partial charge in [-0.05, 0) is 35.8 Å². The highest BCUT2D eigenvalue weighted by atomic mass is 16.5. The van der Waals surface area contributed by atoms with Crippen LogP contribution in [0.2, 0.25) is 0 Å². The number of carbonyl (C=O) groups is 1. The molecule has 0 spiro atoms. The summed E-state index contributed by atoms with van der Waals surface area (Å²) < 4.78 is 15.8. The van der Waals surface area contributed by atoms with Gasteiger partial charge in [-0.3, -0.25) is 4.79 Å². The maximum atomic E-state index is 12.4. The number of carbonyl (C=O) groups excluding carboxylic acids is 1. The highest BCUT2D eigenvalue weighted by molar-refractivity contribution is 6.07. The minimum atomic E-state index is -0.131. The second-order valence-corrected chi connectivity index (χ2v) is 5.21. The van der Waals surface area contributed by atoms with Crippen LogP contribution in [-0.2, 0) is 6.42 Å². The number of hydrogen-bond acceptors (Lipinski definition) is 4. The van der Waals surface area contributed by atoms with Crippen molar-refractivity contribution in [1.29, 1.82) is 0 Å². The number of hydrogen-bond donors (Lipinski definition) is 0. The summed E-state index contributed by atoms with van der Waals surface area (Å²) in [5.41, 5.74) is 2.72. The highest BCUT2D eigenvalue weighted by Crippen LogP contribution is 2.38. The Hall–Kier alpha value is -2.75. The molecule has 24 heavy (non-hydrogen) atoms. The molecule has 0 aliphatic rings. The van der Waals surface area contributed by atoms with Crippen molar-refractivity contribution in [1.82, 2.24) is 0 Å². The summed E-state index contributed by atoms with van der Waals surface area (Å²) >= 11 is 0. The summed E-state index contributed by atoms with van der Waals surface area (Å²) in [6.07, 6.45) is 4.33. The van der Waals surface area contributed by atoms with Gasteiger partial charge in [-0.2, -0.15) is 0 Å². The first-order valence-electron chi connectivity index (χ1n) is 7.74. The zero-order valence-corrected chi connectivity index (χ0v) is 14.5. The summed E-state index contributed by atoms with van der Waals surface area (Å²) in [4.78, 5) is 12.4. The van der Waals surface area contributed by atoms with Crippen LogP contribution in [0.3, 0.4) is 0 Å². The molecule has 0 unspecified atom stereocenters. The Kier molecular flexibility index (Phi) is 6.01. The van der Waals surface area contributed by atoms with Crippen molar-refractivity contribution in [3.63, 3.8) is 0 Å². The molecule has 0 aliphatic heterocycles. The lowest BCUT2D eigenvalue weighted by Gasteiger charge is -2.13. The van der Waals surface area contributed by atoms with Gasteiger partial charge >= 0.3 is 0 Å². The van der Waals surface area contributed by atoms with Crippen LogP contribution in [0, 0.1) is 0 Å². The van der Waals surface area contributed by atoms with E-state index < -0.39 is 0 Å². The predicted molar refractivity (Wildman–Crippen MR) is 95.3 cm³/mol. The number of ketones is 1. The Morgan fingerprint density at radius 1 is 0.958 bits per heavy atom. The maximum Gasteiger partial charge on any atom is 0.203 e. The van der Waals surface area contributed by atoms with E-state index in [1.807, 2.05) is 12.1 Å². The Labute approximate surface area is 142 Å². The van der Waals surface area contributed by atoms with Crippen LogP contribution in [0.1, 0.15) is 28.4 Å². The summed E-state index contributed by atoms with van der Waals surface area (Å²) in [6, 6.07) is 11.4. The zero-order valence-electron chi connectivity index (χ0n) is 14.5. The smallest absolute Gasteiger partial charge is 0.203 e. The van der Waals surface area contributed by atoms with Crippen LogP contribution in [-0.4, -0.2) is 27.1 Å². The van der Waals surface area contributed by atoms with Crippen molar-refractivity contribution < 1.29 is 19.0 Å². The van der Waals surface area contributed by atoms with Gasteiger partial charge in [0.1, 0.15) is 0 Å². The van der Waals surface area contributed by atoms with Crippen LogP contribution in [0.5, 0.6) is 17.2 Å². The molecule has 0 saturated heterocycles. The Bertz CT molecular complexity index is 705. The van der Waals surface area contributed by atoms with Gasteiger partial charge in [0.25, 0.3) is 0 Å². The molecule has 0 heterocycles. The van der Waals surface area contributed by atoms with Crippen molar-refractivity contribution in [3.05, 3.63) is 59.2 Å². The third-order valence-corrected chi connectivity index (χ3v) is 3.76. The molecule has 0 amide bonds. The van der Waals surface area contributed by atoms with Crippen LogP contribution in [0.4, 0.5) is 0 Å². The lowest BCUT2D eigenvalue weighted by Crippen LogP contribution is -2.00. The lowest BCUT2D eigenvalue weighted by molar-refractivity contribution is 0.104. The fourth-order valence-electron chi connectivity index (χ4n) is 2.36. The fraction of sp³-hybridized carbons (Fsp3) is 0.250. The van der Waals surface area contributed by atoms with Crippen molar-refractivity contribution in [2.24, 2.45) is 0 Å². The third kappa shape index (κ3) is 3.96. The minimum Gasteiger partial charge on any atom is -0.493 e. The van der Waals surface area contributed by atoms with Gasteiger partial charge < -0.3 is 14.2 Å². The molecule has 0 fully saturated rings. The fourth-order valence-corrected chi connectivity index (χ4v) is 2.36. The van der Waals surface area contributed by atoms with Crippen molar-refractivity contribution in [2.75, 3.05) is 21.3 Å². The average Bonchev–Trinajstić information content (AvgIpc) is 2.65. The SMILES string of the molecule is CCc1ccc(/C=C/C(=O)c2cc(OC)c(OC)c(OC)c2)cc1. The second-order valence-electron chi connectivity index (χ2n) is 5.21. The number of ether oxygens (including phenoxy) is 3. The van der Waals surface area contributed by atoms with E-state index in [4.69, 9.17) is 14.2 Å². The molecule has 0 saturated carbocycles. The number of methoxy groups -OCH3 is 3. The van der Waals surface area contributed by atoms with Gasteiger partial charge in [0.2, 0.25) is 5.75 Å². The monoisotopic (exact) mass is 326 g/mol. The minimum absolute atomic E-state index is 0.131. The number of rotatable bonds is 7. The molecule has 126 valence electrons. The molecule has 2 aromatic rings. The summed E-state index contributed by atoms with van der Waals surface area (Å²) in [7, 11) is 4.58. The standard InChI is InChI=1S/C20H22O4/c1-5-14-6-8-15(9-7-14)10-11-17(21)16-12-18(22-2)20(24-4)19(13-16)23-3/h6-13H,5H2,1-4H3/b11-10+. The molecular formula is C20H22O4. The molecule has 2 rings (SSSR count). The Morgan fingerprint density at radius 2 is 1.54 bits per heavy atom. The van der Waals surface area contributed by atoms with Crippen LogP contribution >= 0.6 is 0 Å². The van der Waals surface area contributed by atoms with Crippen molar-refractivity contribution in [3.8, 4) is 17.2 Å². The number of aryl methyl sites for hydroxylation is 1. The van der Waals surface area contributed by atoms with Crippen molar-refractivity contribution in [2.45, 2.75) is 13.3 Å². The molecule has 0 atom stereocenters. The molecule has 4 nitrogen and oxygen atoms in total. The van der Waals surface area contributed by atoms with E-state index in [2.05, 4.69) is 19.1 Å². The quantitative estimate of drug-likeness (QED) is 0.566. The van der Waals surface area contributed by atoms with Crippen molar-refractivity contribution >= 4 is 11.9 Å². The summed E-state index contributed by atoms with van der Waals surface area (Å²) in [5, 5.41) is 0. The molecule has 2 aromatic carbocycles. The Balaban J connectivity index is 2.26. The predicted octanol–water partition coefficient (Wildman–Crippen LogP) is 4.17. The first-order valence-corrected chi connectivity index (χ1v) is 7.74. The molecule has 4 heteroatoms. The Morgan fingerprint density at radius 3 is 2.00 bits per heavy atom. The molecule has 0 N–H and O–H groups in total. The van der Waals surface area contributed by atoms with Crippen LogP contribution in [0.25, 0.3) is 6.08 Å². The first kappa shape index (κ1) is 17.6. The van der Waals surface area contributed by atoms with E-state index in [0.29, 0.717) is 22.8 Å². The maximum absolute atomic E-state index is 12.4. The number of benzene rings is 2. The van der Waals surface area contributed by atoms with Crippen LogP contribution < -0.4 is 14.2 Å². The van der Waals surface area contributed by atoms with Gasteiger partial charge in [0.05, 0.1) is 21.3 Å². The summed E-state index contributed by atoms with van der Waals surface area (Å²) in [6.45, 7) is 2.11. The van der Waals surface area contributed by atoms with Gasteiger partial charge in [0, 0.05) is 5.56 Å². The molecule has 0 aliphatic carbocycles. The van der Waals surface area contributed by atoms with Gasteiger partial charge in [-0.25, -0.2) is 0 Å². The normalized spacial score (nSPS) is 10.7. The van der Waals surface area contributed by atoms with E-state index in [0.717, 1.165) is 12.0 Å². The molecule has 0 radical (unpaired) electrons. The zero-order chi connectivity index (χ0) is 17.5. The first-order chi connectivity index (χ1) is 11.6. The third-order valence-electron chi connectivity index (χ3n) is 3.76. The highest BCUT2D eigenvalue weighted by Gasteiger charge is 2.15. The van der Waals surface area contributed by atoms with E-state index >= 15 is 0 Å².